The van der Waals surface area contributed by atoms with E-state index in [-0.39, 0.29) is 29.3 Å². The van der Waals surface area contributed by atoms with Crippen molar-refractivity contribution in [1.29, 1.82) is 5.26 Å². The predicted molar refractivity (Wildman–Crippen MR) is 147 cm³/mol. The van der Waals surface area contributed by atoms with E-state index in [1.165, 1.54) is 18.8 Å². The quantitative estimate of drug-likeness (QED) is 0.340. The Morgan fingerprint density at radius 2 is 1.79 bits per heavy atom. The number of nitrogens with zero attached hydrogens (tertiary/aromatic N) is 4. The van der Waals surface area contributed by atoms with Gasteiger partial charge < -0.3 is 14.4 Å². The molecule has 0 spiro atoms. The van der Waals surface area contributed by atoms with Crippen molar-refractivity contribution in [2.75, 3.05) is 27.3 Å². The van der Waals surface area contributed by atoms with Gasteiger partial charge in [0.1, 0.15) is 16.3 Å². The molecule has 10 heteroatoms. The topological polar surface area (TPSA) is 107 Å². The third kappa shape index (κ3) is 4.46. The van der Waals surface area contributed by atoms with E-state index in [0.717, 1.165) is 15.9 Å². The molecule has 0 aliphatic rings. The van der Waals surface area contributed by atoms with E-state index in [0.29, 0.717) is 45.2 Å². The maximum absolute atomic E-state index is 14.0. The summed E-state index contributed by atoms with van der Waals surface area (Å²) in [4.78, 5) is 43.8. The molecule has 2 aromatic carbocycles. The number of ether oxygens (including phenoxy) is 2. The molecule has 0 fully saturated rings. The fraction of sp³-hybridized carbons (Fsp3) is 0.286. The van der Waals surface area contributed by atoms with E-state index in [1.54, 1.807) is 54.3 Å². The lowest BCUT2D eigenvalue weighted by Gasteiger charge is -2.17. The van der Waals surface area contributed by atoms with Crippen LogP contribution in [0.3, 0.4) is 0 Å². The second kappa shape index (κ2) is 10.9. The van der Waals surface area contributed by atoms with Crippen LogP contribution in [-0.4, -0.2) is 47.3 Å². The van der Waals surface area contributed by atoms with Gasteiger partial charge in [-0.1, -0.05) is 18.2 Å². The lowest BCUT2D eigenvalue weighted by atomic mass is 10.1. The normalized spacial score (nSPS) is 10.8. The van der Waals surface area contributed by atoms with Crippen molar-refractivity contribution in [2.45, 2.75) is 27.3 Å². The van der Waals surface area contributed by atoms with Crippen LogP contribution < -0.4 is 20.7 Å². The number of benzene rings is 2. The minimum atomic E-state index is -0.609. The second-order valence-electron chi connectivity index (χ2n) is 8.53. The first kappa shape index (κ1) is 26.7. The number of fused-ring (bicyclic) bond motifs is 1. The molecule has 2 heterocycles. The maximum atomic E-state index is 14.0. The van der Waals surface area contributed by atoms with E-state index >= 15 is 0 Å². The first-order valence-electron chi connectivity index (χ1n) is 12.1. The Kier molecular flexibility index (Phi) is 7.69. The number of rotatable bonds is 8. The Bertz CT molecular complexity index is 1690. The summed E-state index contributed by atoms with van der Waals surface area (Å²) in [5.74, 6) is 0.583. The molecule has 0 radical (unpaired) electrons. The molecular formula is C28H28N4O5S. The van der Waals surface area contributed by atoms with Gasteiger partial charge >= 0.3 is 5.69 Å². The first-order valence-corrected chi connectivity index (χ1v) is 12.9. The minimum absolute atomic E-state index is 0.0384. The molecule has 0 unspecified atom stereocenters. The van der Waals surface area contributed by atoms with Crippen molar-refractivity contribution in [3.8, 4) is 23.3 Å². The van der Waals surface area contributed by atoms with Gasteiger partial charge in [0, 0.05) is 19.2 Å². The highest BCUT2D eigenvalue weighted by Crippen LogP contribution is 2.31. The predicted octanol–water partition coefficient (Wildman–Crippen LogP) is 3.94. The summed E-state index contributed by atoms with van der Waals surface area (Å²) in [6.45, 7) is 6.57. The van der Waals surface area contributed by atoms with Gasteiger partial charge in [0.2, 0.25) is 0 Å². The van der Waals surface area contributed by atoms with Crippen LogP contribution >= 0.6 is 11.3 Å². The van der Waals surface area contributed by atoms with Crippen molar-refractivity contribution in [3.63, 3.8) is 0 Å². The van der Waals surface area contributed by atoms with Gasteiger partial charge in [-0.05, 0) is 50.1 Å². The van der Waals surface area contributed by atoms with Gasteiger partial charge in [-0.15, -0.1) is 11.3 Å². The molecule has 0 N–H and O–H groups in total. The molecule has 9 nitrogen and oxygen atoms in total. The highest BCUT2D eigenvalue weighted by atomic mass is 32.1. The Morgan fingerprint density at radius 1 is 1.08 bits per heavy atom. The Balaban J connectivity index is 2.11. The third-order valence-electron chi connectivity index (χ3n) is 6.55. The number of nitriles is 1. The molecule has 1 amide bonds. The molecule has 4 rings (SSSR count). The Hall–Kier alpha value is -4.36. The molecule has 0 atom stereocenters. The lowest BCUT2D eigenvalue weighted by molar-refractivity contribution is 0.0777. The molecule has 0 bridgehead atoms. The summed E-state index contributed by atoms with van der Waals surface area (Å²) in [5, 5.41) is 9.92. The van der Waals surface area contributed by atoms with E-state index in [4.69, 9.17) is 9.47 Å². The fourth-order valence-electron chi connectivity index (χ4n) is 4.46. The number of hydrogen-bond donors (Lipinski definition) is 0. The molecule has 2 aromatic heterocycles. The van der Waals surface area contributed by atoms with E-state index in [2.05, 4.69) is 6.07 Å². The standard InChI is InChI=1S/C28H28N4O5S/c1-6-30(7-2)26(34)24-17(3)23-25(33)32(21-13-12-20(36-4)14-22(21)37-5)28(35)31(27(23)38-24)16-19-11-9-8-10-18(19)15-29/h8-14H,6-7,16H2,1-5H3. The van der Waals surface area contributed by atoms with Crippen LogP contribution in [0.5, 0.6) is 11.5 Å². The van der Waals surface area contributed by atoms with Gasteiger partial charge in [-0.25, -0.2) is 9.36 Å². The van der Waals surface area contributed by atoms with Crippen LogP contribution in [0.25, 0.3) is 15.9 Å². The summed E-state index contributed by atoms with van der Waals surface area (Å²) < 4.78 is 13.3. The summed E-state index contributed by atoms with van der Waals surface area (Å²) in [5.41, 5.74) is 0.630. The molecule has 4 aromatic rings. The minimum Gasteiger partial charge on any atom is -0.497 e. The molecule has 0 aliphatic carbocycles. The number of amides is 1. The van der Waals surface area contributed by atoms with Crippen LogP contribution in [0.1, 0.15) is 40.2 Å². The van der Waals surface area contributed by atoms with Crippen molar-refractivity contribution >= 4 is 27.5 Å². The summed E-state index contributed by atoms with van der Waals surface area (Å²) >= 11 is 1.12. The van der Waals surface area contributed by atoms with Gasteiger partial charge in [-0.3, -0.25) is 14.2 Å². The summed E-state index contributed by atoms with van der Waals surface area (Å²) in [6.07, 6.45) is 0. The fourth-order valence-corrected chi connectivity index (χ4v) is 5.72. The van der Waals surface area contributed by atoms with Crippen LogP contribution in [-0.2, 0) is 6.54 Å². The smallest absolute Gasteiger partial charge is 0.337 e. The molecule has 0 saturated carbocycles. The number of methoxy groups -OCH3 is 2. The molecule has 0 aliphatic heterocycles. The number of aryl methyl sites for hydroxylation is 1. The zero-order chi connectivity index (χ0) is 27.6. The van der Waals surface area contributed by atoms with Crippen molar-refractivity contribution in [1.82, 2.24) is 14.0 Å². The van der Waals surface area contributed by atoms with Gasteiger partial charge in [-0.2, -0.15) is 5.26 Å². The van der Waals surface area contributed by atoms with Gasteiger partial charge in [0.05, 0.1) is 48.3 Å². The highest BCUT2D eigenvalue weighted by molar-refractivity contribution is 7.20. The average Bonchev–Trinajstić information content (AvgIpc) is 3.28. The Labute approximate surface area is 223 Å². The van der Waals surface area contributed by atoms with E-state index in [1.807, 2.05) is 13.8 Å². The monoisotopic (exact) mass is 532 g/mol. The zero-order valence-electron chi connectivity index (χ0n) is 21.9. The van der Waals surface area contributed by atoms with Crippen LogP contribution in [0.2, 0.25) is 0 Å². The average molecular weight is 533 g/mol. The second-order valence-corrected chi connectivity index (χ2v) is 9.53. The van der Waals surface area contributed by atoms with E-state index in [9.17, 15) is 19.6 Å². The first-order chi connectivity index (χ1) is 18.3. The SMILES string of the molecule is CCN(CC)C(=O)c1sc2c(c1C)c(=O)n(-c1ccc(OC)cc1OC)c(=O)n2Cc1ccccc1C#N. The summed E-state index contributed by atoms with van der Waals surface area (Å²) in [7, 11) is 2.95. The summed E-state index contributed by atoms with van der Waals surface area (Å²) in [6, 6.07) is 14.0. The lowest BCUT2D eigenvalue weighted by Crippen LogP contribution is -2.39. The Morgan fingerprint density at radius 3 is 2.42 bits per heavy atom. The highest BCUT2D eigenvalue weighted by Gasteiger charge is 2.26. The number of thiophene rings is 1. The molecule has 38 heavy (non-hydrogen) atoms. The molecule has 196 valence electrons. The maximum Gasteiger partial charge on any atom is 0.337 e. The number of hydrogen-bond acceptors (Lipinski definition) is 7. The largest absolute Gasteiger partial charge is 0.497 e. The van der Waals surface area contributed by atoms with Crippen molar-refractivity contribution in [2.24, 2.45) is 0 Å². The number of carbonyl (C=O) groups excluding carboxylic acids is 1. The molecule has 0 saturated heterocycles. The zero-order valence-corrected chi connectivity index (χ0v) is 22.7. The molecular weight excluding hydrogens is 504 g/mol. The van der Waals surface area contributed by atoms with Crippen LogP contribution in [0, 0.1) is 18.3 Å². The number of carbonyl (C=O) groups is 1. The van der Waals surface area contributed by atoms with Gasteiger partial charge in [0.15, 0.2) is 0 Å². The van der Waals surface area contributed by atoms with Crippen molar-refractivity contribution < 1.29 is 14.3 Å². The van der Waals surface area contributed by atoms with Crippen LogP contribution in [0.15, 0.2) is 52.1 Å². The number of aromatic nitrogens is 2. The van der Waals surface area contributed by atoms with Gasteiger partial charge in [0.25, 0.3) is 11.5 Å². The van der Waals surface area contributed by atoms with Crippen molar-refractivity contribution in [3.05, 3.63) is 84.9 Å². The van der Waals surface area contributed by atoms with Crippen LogP contribution in [0.4, 0.5) is 0 Å². The third-order valence-corrected chi connectivity index (χ3v) is 7.85. The van der Waals surface area contributed by atoms with E-state index < -0.39 is 11.2 Å².